The average Bonchev–Trinajstić information content (AvgIpc) is 2.45. The van der Waals surface area contributed by atoms with Gasteiger partial charge in [-0.3, -0.25) is 0 Å². The molecular formula is C18H39IS. The van der Waals surface area contributed by atoms with Gasteiger partial charge >= 0.3 is 0 Å². The van der Waals surface area contributed by atoms with Gasteiger partial charge in [0.1, 0.15) is 0 Å². The lowest BCUT2D eigenvalue weighted by atomic mass is 10.2. The Hall–Kier alpha value is 1.08. The molecule has 0 rings (SSSR count). The molecule has 2 heteroatoms. The summed E-state index contributed by atoms with van der Waals surface area (Å²) in [4.78, 5) is 0. The topological polar surface area (TPSA) is 0 Å². The third kappa shape index (κ3) is 12.8. The molecule has 0 aromatic rings. The van der Waals surface area contributed by atoms with Crippen molar-refractivity contribution in [1.82, 2.24) is 0 Å². The molecule has 0 unspecified atom stereocenters. The second-order valence-corrected chi connectivity index (χ2v) is 14.9. The van der Waals surface area contributed by atoms with Crippen molar-refractivity contribution in [1.29, 1.82) is 0 Å². The van der Waals surface area contributed by atoms with E-state index in [1.54, 1.807) is 17.3 Å². The predicted molar refractivity (Wildman–Crippen MR) is 109 cm³/mol. The molecule has 0 radical (unpaired) electrons. The molecule has 0 atom stereocenters. The first-order valence-electron chi connectivity index (χ1n) is 9.14. The predicted octanol–water partition coefficient (Wildman–Crippen LogP) is 7.88. The molecule has 0 nitrogen and oxygen atoms in total. The van der Waals surface area contributed by atoms with E-state index in [1.165, 1.54) is 77.0 Å². The lowest BCUT2D eigenvalue weighted by Gasteiger charge is -2.34. The summed E-state index contributed by atoms with van der Waals surface area (Å²) in [5.41, 5.74) is 0. The zero-order chi connectivity index (χ0) is 15.1. The van der Waals surface area contributed by atoms with Crippen LogP contribution in [0.3, 0.4) is 0 Å². The SMILES string of the molecule is CCCCCCS(I)(CCCCCC)CCCCCC. The van der Waals surface area contributed by atoms with Gasteiger partial charge in [-0.05, 0) is 57.7 Å². The second kappa shape index (κ2) is 15.0. The van der Waals surface area contributed by atoms with E-state index in [4.69, 9.17) is 0 Å². The Balaban J connectivity index is 3.98. The van der Waals surface area contributed by atoms with Crippen LogP contribution in [0.15, 0.2) is 0 Å². The quantitative estimate of drug-likeness (QED) is 0.189. The van der Waals surface area contributed by atoms with Crippen LogP contribution in [-0.2, 0) is 0 Å². The molecule has 0 N–H and O–H groups in total. The monoisotopic (exact) mass is 414 g/mol. The van der Waals surface area contributed by atoms with Gasteiger partial charge in [0, 0.05) is 0 Å². The first-order valence-corrected chi connectivity index (χ1v) is 13.8. The van der Waals surface area contributed by atoms with Crippen LogP contribution in [-0.4, -0.2) is 17.3 Å². The molecule has 0 aromatic carbocycles. The summed E-state index contributed by atoms with van der Waals surface area (Å²) in [6.07, 6.45) is 17.3. The number of unbranched alkanes of at least 4 members (excludes halogenated alkanes) is 9. The molecule has 0 fully saturated rings. The molecule has 20 heavy (non-hydrogen) atoms. The summed E-state index contributed by atoms with van der Waals surface area (Å²) in [6, 6.07) is 0. The zero-order valence-electron chi connectivity index (χ0n) is 14.4. The van der Waals surface area contributed by atoms with Gasteiger partial charge in [0.25, 0.3) is 0 Å². The van der Waals surface area contributed by atoms with Crippen LogP contribution in [0.4, 0.5) is 0 Å². The Morgan fingerprint density at radius 1 is 0.500 bits per heavy atom. The van der Waals surface area contributed by atoms with Gasteiger partial charge in [0.2, 0.25) is 0 Å². The maximum atomic E-state index is 2.91. The fourth-order valence-electron chi connectivity index (χ4n) is 2.67. The van der Waals surface area contributed by atoms with Crippen LogP contribution in [0.5, 0.6) is 0 Å². The van der Waals surface area contributed by atoms with Gasteiger partial charge in [-0.25, -0.2) is 0 Å². The molecule has 0 saturated heterocycles. The summed E-state index contributed by atoms with van der Waals surface area (Å²) in [6.45, 7) is 6.96. The summed E-state index contributed by atoms with van der Waals surface area (Å²) < 4.78 is 0. The number of hydrogen-bond acceptors (Lipinski definition) is 0. The van der Waals surface area contributed by atoms with Crippen LogP contribution in [0.2, 0.25) is 0 Å². The van der Waals surface area contributed by atoms with Crippen molar-refractivity contribution >= 4 is 28.4 Å². The molecule has 124 valence electrons. The van der Waals surface area contributed by atoms with Crippen molar-refractivity contribution in [3.05, 3.63) is 0 Å². The van der Waals surface area contributed by atoms with Gasteiger partial charge in [-0.15, -0.1) is 0 Å². The molecule has 0 aliphatic rings. The molecule has 0 aliphatic carbocycles. The average molecular weight is 414 g/mol. The number of rotatable bonds is 15. The highest BCUT2D eigenvalue weighted by Crippen LogP contribution is 2.58. The molecule has 0 saturated carbocycles. The fourth-order valence-corrected chi connectivity index (χ4v) is 8.25. The van der Waals surface area contributed by atoms with E-state index in [1.807, 2.05) is 0 Å². The summed E-state index contributed by atoms with van der Waals surface area (Å²) in [5.74, 6) is 4.64. The summed E-state index contributed by atoms with van der Waals surface area (Å²) in [5, 5.41) is 0. The van der Waals surface area contributed by atoms with Crippen molar-refractivity contribution in [2.24, 2.45) is 0 Å². The van der Waals surface area contributed by atoms with E-state index < -0.39 is 0 Å². The van der Waals surface area contributed by atoms with E-state index in [0.29, 0.717) is 0 Å². The molecular weight excluding hydrogens is 375 g/mol. The number of hydrogen-bond donors (Lipinski definition) is 0. The Bertz CT molecular complexity index is 163. The van der Waals surface area contributed by atoms with Crippen molar-refractivity contribution in [3.63, 3.8) is 0 Å². The first-order chi connectivity index (χ1) is 9.68. The highest BCUT2D eigenvalue weighted by molar-refractivity contribution is 14.2. The van der Waals surface area contributed by atoms with E-state index in [2.05, 4.69) is 42.0 Å². The minimum Gasteiger partial charge on any atom is -0.187 e. The lowest BCUT2D eigenvalue weighted by Crippen LogP contribution is -2.08. The highest BCUT2D eigenvalue weighted by atomic mass is 127. The molecule has 0 aliphatic heterocycles. The van der Waals surface area contributed by atoms with Crippen molar-refractivity contribution in [2.75, 3.05) is 17.3 Å². The molecule has 0 spiro atoms. The Morgan fingerprint density at radius 3 is 1.05 bits per heavy atom. The van der Waals surface area contributed by atoms with Crippen LogP contribution >= 0.6 is 28.4 Å². The smallest absolute Gasteiger partial charge is 0.0144 e. The van der Waals surface area contributed by atoms with Crippen LogP contribution in [0.1, 0.15) is 97.8 Å². The number of halogens is 1. The molecule has 0 aromatic heterocycles. The Kier molecular flexibility index (Phi) is 15.8. The van der Waals surface area contributed by atoms with E-state index in [9.17, 15) is 0 Å². The third-order valence-electron chi connectivity index (χ3n) is 4.09. The van der Waals surface area contributed by atoms with Crippen LogP contribution in [0, 0.1) is 0 Å². The van der Waals surface area contributed by atoms with Crippen LogP contribution < -0.4 is 0 Å². The van der Waals surface area contributed by atoms with Gasteiger partial charge < -0.3 is 0 Å². The van der Waals surface area contributed by atoms with Gasteiger partial charge in [0.15, 0.2) is 0 Å². The van der Waals surface area contributed by atoms with Crippen molar-refractivity contribution in [2.45, 2.75) is 97.8 Å². The van der Waals surface area contributed by atoms with E-state index in [0.717, 1.165) is 0 Å². The fraction of sp³-hybridized carbons (Fsp3) is 1.00. The van der Waals surface area contributed by atoms with Crippen LogP contribution in [0.25, 0.3) is 0 Å². The first kappa shape index (κ1) is 21.1. The standard InChI is InChI=1S/C18H39IS/c1-4-7-10-13-16-20(19,17-14-11-8-5-2)18-15-12-9-6-3/h4-18H2,1-3H3. The van der Waals surface area contributed by atoms with Gasteiger partial charge in [-0.2, -0.15) is 7.20 Å². The minimum absolute atomic E-state index is 0.310. The van der Waals surface area contributed by atoms with E-state index >= 15 is 0 Å². The third-order valence-corrected chi connectivity index (χ3v) is 11.1. The highest BCUT2D eigenvalue weighted by Gasteiger charge is 2.19. The zero-order valence-corrected chi connectivity index (χ0v) is 17.4. The largest absolute Gasteiger partial charge is 0.187 e. The molecule has 0 amide bonds. The minimum atomic E-state index is -0.310. The second-order valence-electron chi connectivity index (χ2n) is 6.23. The van der Waals surface area contributed by atoms with Crippen molar-refractivity contribution in [3.8, 4) is 0 Å². The van der Waals surface area contributed by atoms with Gasteiger partial charge in [-0.1, -0.05) is 78.6 Å². The molecule has 0 bridgehead atoms. The Morgan fingerprint density at radius 2 is 0.800 bits per heavy atom. The maximum absolute atomic E-state index is 2.91. The Labute approximate surface area is 143 Å². The van der Waals surface area contributed by atoms with Gasteiger partial charge in [0.05, 0.1) is 0 Å². The summed E-state index contributed by atoms with van der Waals surface area (Å²) in [7, 11) is -0.310. The summed E-state index contributed by atoms with van der Waals surface area (Å²) >= 11 is 2.91. The lowest BCUT2D eigenvalue weighted by molar-refractivity contribution is 0.690. The normalized spacial score (nSPS) is 12.8. The molecule has 0 heterocycles. The van der Waals surface area contributed by atoms with Crippen molar-refractivity contribution < 1.29 is 0 Å². The maximum Gasteiger partial charge on any atom is -0.0144 e. The van der Waals surface area contributed by atoms with E-state index in [-0.39, 0.29) is 7.20 Å².